The fraction of sp³-hybridized carbons (Fsp3) is 1.00. The third-order valence-corrected chi connectivity index (χ3v) is 2.82. The van der Waals surface area contributed by atoms with Crippen LogP contribution in [0.15, 0.2) is 0 Å². The van der Waals surface area contributed by atoms with Gasteiger partial charge in [-0.05, 0) is 25.8 Å². The summed E-state index contributed by atoms with van der Waals surface area (Å²) in [4.78, 5) is 2.06. The molecule has 72 valence electrons. The molecule has 0 aromatic heterocycles. The lowest BCUT2D eigenvalue weighted by Gasteiger charge is -2.33. The van der Waals surface area contributed by atoms with E-state index in [9.17, 15) is 0 Å². The van der Waals surface area contributed by atoms with E-state index < -0.39 is 0 Å². The maximum absolute atomic E-state index is 8.90. The van der Waals surface area contributed by atoms with Gasteiger partial charge in [-0.15, -0.1) is 0 Å². The highest BCUT2D eigenvalue weighted by Crippen LogP contribution is 2.27. The molecule has 1 rings (SSSR count). The van der Waals surface area contributed by atoms with Gasteiger partial charge < -0.3 is 10.2 Å². The minimum Gasteiger partial charge on any atom is -0.395 e. The van der Waals surface area contributed by atoms with Crippen molar-refractivity contribution >= 4 is 0 Å². The van der Waals surface area contributed by atoms with Crippen molar-refractivity contribution in [3.8, 4) is 0 Å². The molecule has 3 heteroatoms. The molecule has 0 aromatic rings. The summed E-state index contributed by atoms with van der Waals surface area (Å²) in [5.41, 5.74) is 0. The monoisotopic (exact) mass is 173 g/mol. The number of aliphatic hydroxyl groups is 2. The molecule has 1 aliphatic rings. The molecule has 1 aliphatic carbocycles. The molecular formula is C9H19NO2. The Balaban J connectivity index is 2.19. The van der Waals surface area contributed by atoms with E-state index in [2.05, 4.69) is 4.90 Å². The molecule has 0 heterocycles. The van der Waals surface area contributed by atoms with Gasteiger partial charge in [-0.25, -0.2) is 0 Å². The summed E-state index contributed by atoms with van der Waals surface area (Å²) in [6.45, 7) is 1.13. The van der Waals surface area contributed by atoms with Gasteiger partial charge in [-0.2, -0.15) is 0 Å². The highest BCUT2D eigenvalue weighted by Gasteiger charge is 2.22. The normalized spacial score (nSPS) is 18.8. The van der Waals surface area contributed by atoms with Crippen LogP contribution in [0.5, 0.6) is 0 Å². The van der Waals surface area contributed by atoms with Crippen molar-refractivity contribution in [3.05, 3.63) is 0 Å². The van der Waals surface area contributed by atoms with E-state index in [1.54, 1.807) is 0 Å². The molecule has 0 aliphatic heterocycles. The number of hydrogen-bond acceptors (Lipinski definition) is 3. The fourth-order valence-electron chi connectivity index (χ4n) is 1.57. The predicted molar refractivity (Wildman–Crippen MR) is 47.9 cm³/mol. The summed E-state index contributed by atoms with van der Waals surface area (Å²) >= 11 is 0. The lowest BCUT2D eigenvalue weighted by atomic mass is 9.85. The van der Waals surface area contributed by atoms with Crippen LogP contribution in [0.3, 0.4) is 0 Å². The van der Waals surface area contributed by atoms with Crippen LogP contribution in [-0.2, 0) is 0 Å². The van der Waals surface area contributed by atoms with Gasteiger partial charge in [0.05, 0.1) is 19.3 Å². The molecular weight excluding hydrogens is 154 g/mol. The summed E-state index contributed by atoms with van der Waals surface area (Å²) in [7, 11) is 1.97. The van der Waals surface area contributed by atoms with Crippen molar-refractivity contribution in [1.29, 1.82) is 0 Å². The van der Waals surface area contributed by atoms with Crippen LogP contribution in [0, 0.1) is 5.92 Å². The molecule has 0 saturated heterocycles. The summed E-state index contributed by atoms with van der Waals surface area (Å²) in [5.74, 6) is 0.801. The van der Waals surface area contributed by atoms with Crippen LogP contribution in [0.25, 0.3) is 0 Å². The van der Waals surface area contributed by atoms with E-state index in [1.165, 1.54) is 19.3 Å². The van der Waals surface area contributed by atoms with Crippen LogP contribution in [0.2, 0.25) is 0 Å². The SMILES string of the molecule is CN(CC1CCC1)C(CO)CO. The third kappa shape index (κ3) is 2.44. The number of rotatable bonds is 5. The Morgan fingerprint density at radius 3 is 2.25 bits per heavy atom. The van der Waals surface area contributed by atoms with Crippen LogP contribution in [0.4, 0.5) is 0 Å². The second-order valence-corrected chi connectivity index (χ2v) is 3.76. The van der Waals surface area contributed by atoms with Gasteiger partial charge in [0.15, 0.2) is 0 Å². The zero-order valence-electron chi connectivity index (χ0n) is 7.74. The number of nitrogens with zero attached hydrogens (tertiary/aromatic N) is 1. The van der Waals surface area contributed by atoms with E-state index in [-0.39, 0.29) is 19.3 Å². The molecule has 0 amide bonds. The topological polar surface area (TPSA) is 43.7 Å². The average Bonchev–Trinajstić information content (AvgIpc) is 1.99. The summed E-state index contributed by atoms with van der Waals surface area (Å²) in [6.07, 6.45) is 3.98. The predicted octanol–water partition coefficient (Wildman–Crippen LogP) is 0.0715. The zero-order chi connectivity index (χ0) is 8.97. The minimum atomic E-state index is -0.0643. The van der Waals surface area contributed by atoms with E-state index in [1.807, 2.05) is 7.05 Å². The van der Waals surface area contributed by atoms with Crippen molar-refractivity contribution in [1.82, 2.24) is 4.90 Å². The zero-order valence-corrected chi connectivity index (χ0v) is 7.74. The molecule has 0 radical (unpaired) electrons. The Morgan fingerprint density at radius 1 is 1.33 bits per heavy atom. The fourth-order valence-corrected chi connectivity index (χ4v) is 1.57. The molecule has 0 aromatic carbocycles. The van der Waals surface area contributed by atoms with E-state index in [4.69, 9.17) is 10.2 Å². The number of hydrogen-bond donors (Lipinski definition) is 2. The standard InChI is InChI=1S/C9H19NO2/c1-10(9(6-11)7-12)5-8-3-2-4-8/h8-9,11-12H,2-7H2,1H3. The van der Waals surface area contributed by atoms with E-state index in [0.29, 0.717) is 0 Å². The average molecular weight is 173 g/mol. The van der Waals surface area contributed by atoms with Gasteiger partial charge in [-0.3, -0.25) is 4.90 Å². The van der Waals surface area contributed by atoms with Crippen molar-refractivity contribution in [2.45, 2.75) is 25.3 Å². The van der Waals surface area contributed by atoms with Crippen molar-refractivity contribution < 1.29 is 10.2 Å². The van der Waals surface area contributed by atoms with Gasteiger partial charge in [0, 0.05) is 6.54 Å². The Kier molecular flexibility index (Phi) is 3.98. The Morgan fingerprint density at radius 2 is 1.92 bits per heavy atom. The first-order valence-corrected chi connectivity index (χ1v) is 4.70. The van der Waals surface area contributed by atoms with E-state index in [0.717, 1.165) is 12.5 Å². The first-order valence-electron chi connectivity index (χ1n) is 4.70. The minimum absolute atomic E-state index is 0.0553. The molecule has 1 fully saturated rings. The molecule has 2 N–H and O–H groups in total. The molecule has 1 saturated carbocycles. The molecule has 0 atom stereocenters. The van der Waals surface area contributed by atoms with Crippen LogP contribution < -0.4 is 0 Å². The molecule has 3 nitrogen and oxygen atoms in total. The van der Waals surface area contributed by atoms with E-state index >= 15 is 0 Å². The maximum atomic E-state index is 8.90. The first kappa shape index (κ1) is 9.96. The maximum Gasteiger partial charge on any atom is 0.0609 e. The van der Waals surface area contributed by atoms with Crippen LogP contribution in [-0.4, -0.2) is 48.0 Å². The van der Waals surface area contributed by atoms with Gasteiger partial charge >= 0.3 is 0 Å². The number of aliphatic hydroxyl groups excluding tert-OH is 2. The van der Waals surface area contributed by atoms with Crippen LogP contribution in [0.1, 0.15) is 19.3 Å². The lowest BCUT2D eigenvalue weighted by molar-refractivity contribution is 0.0701. The Labute approximate surface area is 74.0 Å². The molecule has 0 unspecified atom stereocenters. The summed E-state index contributed by atoms with van der Waals surface area (Å²) in [5, 5.41) is 17.8. The summed E-state index contributed by atoms with van der Waals surface area (Å²) < 4.78 is 0. The highest BCUT2D eigenvalue weighted by molar-refractivity contribution is 4.75. The van der Waals surface area contributed by atoms with Gasteiger partial charge in [-0.1, -0.05) is 6.42 Å². The van der Waals surface area contributed by atoms with Crippen molar-refractivity contribution in [3.63, 3.8) is 0 Å². The third-order valence-electron chi connectivity index (χ3n) is 2.82. The molecule has 12 heavy (non-hydrogen) atoms. The summed E-state index contributed by atoms with van der Waals surface area (Å²) in [6, 6.07) is -0.0643. The molecule has 0 bridgehead atoms. The van der Waals surface area contributed by atoms with Gasteiger partial charge in [0.1, 0.15) is 0 Å². The molecule has 0 spiro atoms. The first-order chi connectivity index (χ1) is 5.77. The number of likely N-dealkylation sites (N-methyl/N-ethyl adjacent to an activating group) is 1. The highest BCUT2D eigenvalue weighted by atomic mass is 16.3. The largest absolute Gasteiger partial charge is 0.395 e. The quantitative estimate of drug-likeness (QED) is 0.618. The Bertz CT molecular complexity index is 122. The van der Waals surface area contributed by atoms with Gasteiger partial charge in [0.25, 0.3) is 0 Å². The smallest absolute Gasteiger partial charge is 0.0609 e. The second-order valence-electron chi connectivity index (χ2n) is 3.76. The second kappa shape index (κ2) is 4.80. The lowest BCUT2D eigenvalue weighted by Crippen LogP contribution is -2.41. The van der Waals surface area contributed by atoms with Gasteiger partial charge in [0.2, 0.25) is 0 Å². The van der Waals surface area contributed by atoms with Crippen molar-refractivity contribution in [2.75, 3.05) is 26.8 Å². The Hall–Kier alpha value is -0.120. The van der Waals surface area contributed by atoms with Crippen molar-refractivity contribution in [2.24, 2.45) is 5.92 Å². The van der Waals surface area contributed by atoms with Crippen LogP contribution >= 0.6 is 0 Å².